The SMILES string of the molecule is Cc1cnn(Cc2cc(F)ccc2F)c1NC(=O)c1cnc(-c2ccccc2)s1. The molecule has 4 aromatic rings. The zero-order valence-electron chi connectivity index (χ0n) is 15.4. The lowest BCUT2D eigenvalue weighted by Gasteiger charge is -2.10. The topological polar surface area (TPSA) is 59.8 Å². The number of carbonyl (C=O) groups is 1. The Bertz CT molecular complexity index is 1170. The number of hydrogen-bond acceptors (Lipinski definition) is 4. The second-order valence-corrected chi connectivity index (χ2v) is 7.45. The van der Waals surface area contributed by atoms with Gasteiger partial charge in [0, 0.05) is 16.7 Å². The highest BCUT2D eigenvalue weighted by Gasteiger charge is 2.17. The molecule has 2 aromatic heterocycles. The third kappa shape index (κ3) is 4.07. The highest BCUT2D eigenvalue weighted by molar-refractivity contribution is 7.17. The first kappa shape index (κ1) is 18.9. The predicted molar refractivity (Wildman–Crippen MR) is 108 cm³/mol. The van der Waals surface area contributed by atoms with E-state index in [0.717, 1.165) is 28.8 Å². The fraction of sp³-hybridized carbons (Fsp3) is 0.0952. The highest BCUT2D eigenvalue weighted by atomic mass is 32.1. The summed E-state index contributed by atoms with van der Waals surface area (Å²) in [6.07, 6.45) is 3.08. The zero-order valence-corrected chi connectivity index (χ0v) is 16.2. The Kier molecular flexibility index (Phi) is 5.18. The molecular weight excluding hydrogens is 394 g/mol. The van der Waals surface area contributed by atoms with Crippen LogP contribution >= 0.6 is 11.3 Å². The Labute approximate surface area is 169 Å². The summed E-state index contributed by atoms with van der Waals surface area (Å²) in [6, 6.07) is 12.8. The summed E-state index contributed by atoms with van der Waals surface area (Å²) >= 11 is 1.27. The van der Waals surface area contributed by atoms with Gasteiger partial charge in [-0.25, -0.2) is 18.4 Å². The number of anilines is 1. The van der Waals surface area contributed by atoms with Crippen molar-refractivity contribution in [1.82, 2.24) is 14.8 Å². The van der Waals surface area contributed by atoms with Gasteiger partial charge in [0.2, 0.25) is 0 Å². The lowest BCUT2D eigenvalue weighted by molar-refractivity contribution is 0.102. The molecule has 1 N–H and O–H groups in total. The van der Waals surface area contributed by atoms with Crippen molar-refractivity contribution in [2.45, 2.75) is 13.5 Å². The van der Waals surface area contributed by atoms with Gasteiger partial charge in [-0.05, 0) is 25.1 Å². The van der Waals surface area contributed by atoms with E-state index in [0.29, 0.717) is 16.3 Å². The molecule has 0 unspecified atom stereocenters. The summed E-state index contributed by atoms with van der Waals surface area (Å²) in [5.41, 5.74) is 1.79. The third-order valence-corrected chi connectivity index (χ3v) is 5.38. The molecule has 2 heterocycles. The zero-order chi connectivity index (χ0) is 20.4. The van der Waals surface area contributed by atoms with E-state index in [2.05, 4.69) is 15.4 Å². The van der Waals surface area contributed by atoms with Gasteiger partial charge >= 0.3 is 0 Å². The van der Waals surface area contributed by atoms with Crippen molar-refractivity contribution in [1.29, 1.82) is 0 Å². The molecule has 146 valence electrons. The summed E-state index contributed by atoms with van der Waals surface area (Å²) in [6.45, 7) is 1.77. The lowest BCUT2D eigenvalue weighted by Crippen LogP contribution is -2.16. The van der Waals surface area contributed by atoms with Gasteiger partial charge in [0.05, 0.1) is 18.9 Å². The number of carbonyl (C=O) groups excluding carboxylic acids is 1. The average molecular weight is 410 g/mol. The van der Waals surface area contributed by atoms with Gasteiger partial charge < -0.3 is 5.32 Å². The van der Waals surface area contributed by atoms with E-state index in [1.807, 2.05) is 30.3 Å². The number of benzene rings is 2. The smallest absolute Gasteiger partial charge is 0.268 e. The maximum atomic E-state index is 14.0. The number of halogens is 2. The molecule has 4 rings (SSSR count). The van der Waals surface area contributed by atoms with Gasteiger partial charge in [-0.1, -0.05) is 30.3 Å². The Morgan fingerprint density at radius 3 is 2.72 bits per heavy atom. The number of nitrogens with zero attached hydrogens (tertiary/aromatic N) is 3. The Morgan fingerprint density at radius 2 is 1.93 bits per heavy atom. The van der Waals surface area contributed by atoms with Crippen molar-refractivity contribution >= 4 is 23.1 Å². The van der Waals surface area contributed by atoms with Gasteiger partial charge in [0.1, 0.15) is 27.3 Å². The van der Waals surface area contributed by atoms with Crippen molar-refractivity contribution in [3.05, 3.63) is 88.6 Å². The number of nitrogens with one attached hydrogen (secondary N) is 1. The van der Waals surface area contributed by atoms with E-state index >= 15 is 0 Å². The molecule has 0 bridgehead atoms. The summed E-state index contributed by atoms with van der Waals surface area (Å²) in [5.74, 6) is -0.983. The van der Waals surface area contributed by atoms with Gasteiger partial charge in [-0.15, -0.1) is 11.3 Å². The number of aryl methyl sites for hydroxylation is 1. The van der Waals surface area contributed by atoms with Crippen LogP contribution in [0.2, 0.25) is 0 Å². The standard InChI is InChI=1S/C21H16F2N4OS/c1-13-10-25-27(12-15-9-16(22)7-8-17(15)23)19(13)26-20(28)18-11-24-21(29-18)14-5-3-2-4-6-14/h2-11H,12H2,1H3,(H,26,28). The molecule has 0 atom stereocenters. The first-order valence-corrected chi connectivity index (χ1v) is 9.62. The maximum absolute atomic E-state index is 14.0. The van der Waals surface area contributed by atoms with Crippen molar-refractivity contribution < 1.29 is 13.6 Å². The predicted octanol–water partition coefficient (Wildman–Crippen LogP) is 4.89. The fourth-order valence-corrected chi connectivity index (χ4v) is 3.67. The van der Waals surface area contributed by atoms with Crippen LogP contribution in [0, 0.1) is 18.6 Å². The van der Waals surface area contributed by atoms with Gasteiger partial charge in [-0.3, -0.25) is 4.79 Å². The van der Waals surface area contributed by atoms with Crippen molar-refractivity contribution in [3.8, 4) is 10.6 Å². The van der Waals surface area contributed by atoms with E-state index in [1.54, 1.807) is 13.1 Å². The molecule has 0 saturated heterocycles. The molecule has 1 amide bonds. The van der Waals surface area contributed by atoms with Crippen LogP contribution in [0.3, 0.4) is 0 Å². The normalized spacial score (nSPS) is 10.9. The average Bonchev–Trinajstić information content (AvgIpc) is 3.34. The third-order valence-electron chi connectivity index (χ3n) is 4.33. The maximum Gasteiger partial charge on any atom is 0.268 e. The first-order valence-electron chi connectivity index (χ1n) is 8.80. The van der Waals surface area contributed by atoms with Crippen LogP contribution in [0.1, 0.15) is 20.8 Å². The van der Waals surface area contributed by atoms with Crippen molar-refractivity contribution in [2.75, 3.05) is 5.32 Å². The number of amides is 1. The van der Waals surface area contributed by atoms with Crippen LogP contribution in [0.25, 0.3) is 10.6 Å². The lowest BCUT2D eigenvalue weighted by atomic mass is 10.2. The van der Waals surface area contributed by atoms with Crippen LogP contribution in [0.15, 0.2) is 60.9 Å². The van der Waals surface area contributed by atoms with Crippen LogP contribution in [0.5, 0.6) is 0 Å². The number of rotatable bonds is 5. The van der Waals surface area contributed by atoms with Crippen LogP contribution in [-0.4, -0.2) is 20.7 Å². The Balaban J connectivity index is 1.56. The molecule has 0 saturated carbocycles. The molecule has 8 heteroatoms. The van der Waals surface area contributed by atoms with E-state index in [-0.39, 0.29) is 18.0 Å². The van der Waals surface area contributed by atoms with Crippen LogP contribution in [0.4, 0.5) is 14.6 Å². The molecule has 0 fully saturated rings. The van der Waals surface area contributed by atoms with Crippen LogP contribution in [-0.2, 0) is 6.54 Å². The fourth-order valence-electron chi connectivity index (χ4n) is 2.85. The molecule has 0 aliphatic carbocycles. The van der Waals surface area contributed by atoms with E-state index in [9.17, 15) is 13.6 Å². The summed E-state index contributed by atoms with van der Waals surface area (Å²) < 4.78 is 28.9. The van der Waals surface area contributed by atoms with E-state index in [4.69, 9.17) is 0 Å². The minimum absolute atomic E-state index is 0.00893. The summed E-state index contributed by atoms with van der Waals surface area (Å²) in [5, 5.41) is 7.73. The minimum atomic E-state index is -0.535. The van der Waals surface area contributed by atoms with Gasteiger partial charge in [0.15, 0.2) is 0 Å². The molecule has 0 aliphatic heterocycles. The second kappa shape index (κ2) is 7.92. The molecule has 0 aliphatic rings. The molecule has 29 heavy (non-hydrogen) atoms. The van der Waals surface area contributed by atoms with E-state index < -0.39 is 11.6 Å². The Hall–Kier alpha value is -3.39. The molecule has 0 radical (unpaired) electrons. The second-order valence-electron chi connectivity index (χ2n) is 6.42. The monoisotopic (exact) mass is 410 g/mol. The van der Waals surface area contributed by atoms with Crippen LogP contribution < -0.4 is 5.32 Å². The number of aromatic nitrogens is 3. The summed E-state index contributed by atoms with van der Waals surface area (Å²) in [7, 11) is 0. The largest absolute Gasteiger partial charge is 0.306 e. The number of hydrogen-bond donors (Lipinski definition) is 1. The highest BCUT2D eigenvalue weighted by Crippen LogP contribution is 2.26. The summed E-state index contributed by atoms with van der Waals surface area (Å²) in [4.78, 5) is 17.5. The van der Waals surface area contributed by atoms with Gasteiger partial charge in [0.25, 0.3) is 5.91 Å². The van der Waals surface area contributed by atoms with E-state index in [1.165, 1.54) is 22.2 Å². The Morgan fingerprint density at radius 1 is 1.14 bits per heavy atom. The first-order chi connectivity index (χ1) is 14.0. The van der Waals surface area contributed by atoms with Gasteiger partial charge in [-0.2, -0.15) is 5.10 Å². The molecular formula is C21H16F2N4OS. The molecule has 0 spiro atoms. The molecule has 5 nitrogen and oxygen atoms in total. The van der Waals surface area contributed by atoms with Crippen molar-refractivity contribution in [3.63, 3.8) is 0 Å². The minimum Gasteiger partial charge on any atom is -0.306 e. The van der Waals surface area contributed by atoms with Crippen molar-refractivity contribution in [2.24, 2.45) is 0 Å². The number of thiazole rings is 1. The quantitative estimate of drug-likeness (QED) is 0.509. The molecule has 2 aromatic carbocycles.